The van der Waals surface area contributed by atoms with E-state index in [0.717, 1.165) is 17.8 Å². The van der Waals surface area contributed by atoms with Gasteiger partial charge in [0.2, 0.25) is 0 Å². The molecule has 1 heterocycles. The third-order valence-electron chi connectivity index (χ3n) is 1.86. The van der Waals surface area contributed by atoms with Crippen molar-refractivity contribution < 1.29 is 14.3 Å². The first kappa shape index (κ1) is 10.7. The second-order valence-corrected chi connectivity index (χ2v) is 3.98. The molecular weight excluding hydrogens is 231 g/mol. The van der Waals surface area contributed by atoms with Gasteiger partial charge in [-0.2, -0.15) is 0 Å². The predicted octanol–water partition coefficient (Wildman–Crippen LogP) is 2.40. The quantitative estimate of drug-likeness (QED) is 0.861. The van der Waals surface area contributed by atoms with Gasteiger partial charge in [0.25, 0.3) is 0 Å². The van der Waals surface area contributed by atoms with E-state index < -0.39 is 11.8 Å². The maximum absolute atomic E-state index is 13.5. The minimum absolute atomic E-state index is 0.0682. The molecule has 4 nitrogen and oxygen atoms in total. The fraction of sp³-hybridized carbons (Fsp3) is 0. The fourth-order valence-corrected chi connectivity index (χ4v) is 1.87. The molecule has 0 radical (unpaired) electrons. The van der Waals surface area contributed by atoms with E-state index >= 15 is 0 Å². The van der Waals surface area contributed by atoms with Crippen LogP contribution in [0.4, 0.5) is 4.39 Å². The van der Waals surface area contributed by atoms with E-state index in [-0.39, 0.29) is 5.56 Å². The molecule has 0 unspecified atom stereocenters. The largest absolute Gasteiger partial charge is 0.478 e. The van der Waals surface area contributed by atoms with Gasteiger partial charge in [-0.15, -0.1) is 0 Å². The number of hydrogen-bond donors (Lipinski definition) is 2. The number of aromatic carboxylic acids is 1. The molecule has 82 valence electrons. The van der Waals surface area contributed by atoms with Crippen molar-refractivity contribution in [3.8, 4) is 0 Å². The first-order valence-electron chi connectivity index (χ1n) is 4.37. The van der Waals surface area contributed by atoms with Crippen LogP contribution in [0.25, 0.3) is 0 Å². The maximum Gasteiger partial charge on any atom is 0.335 e. The molecule has 0 bridgehead atoms. The summed E-state index contributed by atoms with van der Waals surface area (Å²) in [6.07, 6.45) is 3.19. The van der Waals surface area contributed by atoms with Crippen molar-refractivity contribution >= 4 is 17.7 Å². The molecule has 1 aromatic heterocycles. The van der Waals surface area contributed by atoms with Crippen LogP contribution in [0.3, 0.4) is 0 Å². The number of imidazole rings is 1. The number of benzene rings is 1. The molecule has 6 heteroatoms. The van der Waals surface area contributed by atoms with E-state index in [9.17, 15) is 9.18 Å². The molecule has 2 N–H and O–H groups in total. The summed E-state index contributed by atoms with van der Waals surface area (Å²) in [7, 11) is 0. The molecule has 2 aromatic rings. The van der Waals surface area contributed by atoms with Crippen LogP contribution in [0.2, 0.25) is 0 Å². The van der Waals surface area contributed by atoms with Crippen molar-refractivity contribution in [1.82, 2.24) is 9.97 Å². The van der Waals surface area contributed by atoms with Gasteiger partial charge >= 0.3 is 5.97 Å². The Morgan fingerprint density at radius 1 is 1.50 bits per heavy atom. The highest BCUT2D eigenvalue weighted by Gasteiger charge is 2.10. The van der Waals surface area contributed by atoms with E-state index in [1.165, 1.54) is 12.1 Å². The van der Waals surface area contributed by atoms with Crippen LogP contribution in [0, 0.1) is 5.82 Å². The molecule has 0 aliphatic carbocycles. The summed E-state index contributed by atoms with van der Waals surface area (Å²) in [6.45, 7) is 0. The first-order valence-corrected chi connectivity index (χ1v) is 5.18. The van der Waals surface area contributed by atoms with E-state index in [4.69, 9.17) is 5.11 Å². The Labute approximate surface area is 94.5 Å². The third-order valence-corrected chi connectivity index (χ3v) is 2.83. The number of aromatic amines is 1. The normalized spacial score (nSPS) is 10.3. The van der Waals surface area contributed by atoms with Crippen LogP contribution in [0.1, 0.15) is 10.4 Å². The van der Waals surface area contributed by atoms with Crippen LogP contribution < -0.4 is 0 Å². The maximum atomic E-state index is 13.5. The summed E-state index contributed by atoms with van der Waals surface area (Å²) in [4.78, 5) is 17.7. The van der Waals surface area contributed by atoms with Gasteiger partial charge in [0.05, 0.1) is 10.5 Å². The Morgan fingerprint density at radius 3 is 2.88 bits per heavy atom. The number of hydrogen-bond acceptors (Lipinski definition) is 3. The second kappa shape index (κ2) is 4.36. The lowest BCUT2D eigenvalue weighted by atomic mass is 10.2. The zero-order chi connectivity index (χ0) is 11.5. The van der Waals surface area contributed by atoms with Gasteiger partial charge in [0, 0.05) is 12.4 Å². The van der Waals surface area contributed by atoms with Gasteiger partial charge in [-0.05, 0) is 30.0 Å². The summed E-state index contributed by atoms with van der Waals surface area (Å²) in [5.74, 6) is -1.71. The lowest BCUT2D eigenvalue weighted by Gasteiger charge is -2.01. The number of carboxylic acid groups (broad SMARTS) is 1. The van der Waals surface area contributed by atoms with Crippen molar-refractivity contribution in [3.05, 3.63) is 42.0 Å². The molecular formula is C10H7FN2O2S. The monoisotopic (exact) mass is 238 g/mol. The number of aromatic nitrogens is 2. The number of nitrogens with one attached hydrogen (secondary N) is 1. The molecule has 2 rings (SSSR count). The molecule has 0 spiro atoms. The Kier molecular flexibility index (Phi) is 2.91. The summed E-state index contributed by atoms with van der Waals surface area (Å²) >= 11 is 1.11. The molecule has 0 fully saturated rings. The number of carboxylic acids is 1. The number of nitrogens with zero attached hydrogens (tertiary/aromatic N) is 1. The van der Waals surface area contributed by atoms with Gasteiger partial charge in [0.1, 0.15) is 5.82 Å². The number of carbonyl (C=O) groups is 1. The van der Waals surface area contributed by atoms with Crippen LogP contribution in [0.5, 0.6) is 0 Å². The van der Waals surface area contributed by atoms with Gasteiger partial charge < -0.3 is 10.1 Å². The lowest BCUT2D eigenvalue weighted by molar-refractivity contribution is 0.0696. The Hall–Kier alpha value is -1.82. The number of rotatable bonds is 3. The molecule has 0 amide bonds. The molecule has 16 heavy (non-hydrogen) atoms. The lowest BCUT2D eigenvalue weighted by Crippen LogP contribution is -1.97. The van der Waals surface area contributed by atoms with E-state index in [0.29, 0.717) is 10.1 Å². The fourth-order valence-electron chi connectivity index (χ4n) is 1.13. The summed E-state index contributed by atoms with van der Waals surface area (Å²) in [5.41, 5.74) is -0.0682. The van der Waals surface area contributed by atoms with Gasteiger partial charge in [-0.1, -0.05) is 0 Å². The van der Waals surface area contributed by atoms with E-state index in [2.05, 4.69) is 9.97 Å². The van der Waals surface area contributed by atoms with Gasteiger partial charge in [-0.25, -0.2) is 14.2 Å². The average molecular weight is 238 g/mol. The summed E-state index contributed by atoms with van der Waals surface area (Å²) in [5, 5.41) is 9.22. The smallest absolute Gasteiger partial charge is 0.335 e. The highest BCUT2D eigenvalue weighted by Crippen LogP contribution is 2.27. The third kappa shape index (κ3) is 2.22. The predicted molar refractivity (Wildman–Crippen MR) is 56.1 cm³/mol. The standard InChI is InChI=1S/C10H7FN2O2S/c11-7-5-6(9(14)15)1-2-8(7)16-10-12-3-4-13-10/h1-5H,(H,12,13)(H,14,15). The Bertz CT molecular complexity index is 514. The number of H-pyrrole nitrogens is 1. The average Bonchev–Trinajstić information content (AvgIpc) is 2.73. The summed E-state index contributed by atoms with van der Waals surface area (Å²) < 4.78 is 13.5. The molecule has 0 saturated heterocycles. The molecule has 0 aliphatic rings. The van der Waals surface area contributed by atoms with Crippen molar-refractivity contribution in [2.75, 3.05) is 0 Å². The van der Waals surface area contributed by atoms with Crippen LogP contribution >= 0.6 is 11.8 Å². The zero-order valence-electron chi connectivity index (χ0n) is 7.98. The van der Waals surface area contributed by atoms with E-state index in [1.54, 1.807) is 12.4 Å². The SMILES string of the molecule is O=C(O)c1ccc(Sc2ncc[nH]2)c(F)c1. The van der Waals surface area contributed by atoms with Crippen molar-refractivity contribution in [3.63, 3.8) is 0 Å². The van der Waals surface area contributed by atoms with Crippen molar-refractivity contribution in [1.29, 1.82) is 0 Å². The second-order valence-electron chi connectivity index (χ2n) is 2.95. The van der Waals surface area contributed by atoms with Gasteiger partial charge in [-0.3, -0.25) is 0 Å². The van der Waals surface area contributed by atoms with Crippen LogP contribution in [0.15, 0.2) is 40.6 Å². The first-order chi connectivity index (χ1) is 7.66. The van der Waals surface area contributed by atoms with Crippen LogP contribution in [-0.4, -0.2) is 21.0 Å². The molecule has 0 aliphatic heterocycles. The highest BCUT2D eigenvalue weighted by molar-refractivity contribution is 7.99. The topological polar surface area (TPSA) is 66.0 Å². The van der Waals surface area contributed by atoms with E-state index in [1.807, 2.05) is 0 Å². The van der Waals surface area contributed by atoms with Crippen LogP contribution in [-0.2, 0) is 0 Å². The van der Waals surface area contributed by atoms with Gasteiger partial charge in [0.15, 0.2) is 5.16 Å². The Balaban J connectivity index is 2.26. The molecule has 0 atom stereocenters. The minimum Gasteiger partial charge on any atom is -0.478 e. The van der Waals surface area contributed by atoms with Crippen molar-refractivity contribution in [2.45, 2.75) is 10.1 Å². The number of halogens is 1. The highest BCUT2D eigenvalue weighted by atomic mass is 32.2. The summed E-state index contributed by atoms with van der Waals surface area (Å²) in [6, 6.07) is 3.77. The minimum atomic E-state index is -1.14. The Morgan fingerprint density at radius 2 is 2.31 bits per heavy atom. The molecule has 0 saturated carbocycles. The molecule has 1 aromatic carbocycles. The van der Waals surface area contributed by atoms with Crippen molar-refractivity contribution in [2.24, 2.45) is 0 Å². The zero-order valence-corrected chi connectivity index (χ0v) is 8.79.